The second-order valence-electron chi connectivity index (χ2n) is 10.3. The minimum atomic E-state index is -1.32. The maximum Gasteiger partial charge on any atom is 0.408 e. The van der Waals surface area contributed by atoms with E-state index in [1.54, 1.807) is 51.1 Å². The average molecular weight is 533 g/mol. The van der Waals surface area contributed by atoms with E-state index in [0.717, 1.165) is 10.8 Å². The molecular formula is C30H36N4O5. The molecule has 4 N–H and O–H groups in total. The summed E-state index contributed by atoms with van der Waals surface area (Å²) in [5.41, 5.74) is 5.75. The molecule has 39 heavy (non-hydrogen) atoms. The fourth-order valence-corrected chi connectivity index (χ4v) is 4.24. The summed E-state index contributed by atoms with van der Waals surface area (Å²) in [7, 11) is 0. The number of amides is 4. The molecule has 3 aromatic rings. The van der Waals surface area contributed by atoms with Crippen LogP contribution < -0.4 is 16.4 Å². The van der Waals surface area contributed by atoms with Crippen LogP contribution in [-0.4, -0.2) is 46.9 Å². The lowest BCUT2D eigenvalue weighted by Gasteiger charge is -2.34. The predicted octanol–water partition coefficient (Wildman–Crippen LogP) is 4.53. The van der Waals surface area contributed by atoms with Gasteiger partial charge in [-0.25, -0.2) is 4.79 Å². The molecule has 2 atom stereocenters. The highest BCUT2D eigenvalue weighted by atomic mass is 16.6. The molecule has 9 nitrogen and oxygen atoms in total. The Morgan fingerprint density at radius 3 is 2.18 bits per heavy atom. The summed E-state index contributed by atoms with van der Waals surface area (Å²) >= 11 is 0. The molecule has 0 spiro atoms. The van der Waals surface area contributed by atoms with Crippen molar-refractivity contribution in [2.75, 3.05) is 11.9 Å². The molecule has 0 heterocycles. The normalized spacial score (nSPS) is 12.7. The molecule has 9 heteroatoms. The fraction of sp³-hybridized carbons (Fsp3) is 0.333. The first kappa shape index (κ1) is 29.2. The number of ether oxygens (including phenoxy) is 1. The van der Waals surface area contributed by atoms with Crippen LogP contribution in [0, 0.1) is 0 Å². The Kier molecular flexibility index (Phi) is 9.65. The van der Waals surface area contributed by atoms with Gasteiger partial charge in [-0.3, -0.25) is 14.4 Å². The van der Waals surface area contributed by atoms with Gasteiger partial charge in [0, 0.05) is 12.2 Å². The van der Waals surface area contributed by atoms with E-state index in [9.17, 15) is 19.2 Å². The standard InChI is InChI=1S/C30H36N4O5/c1-5-17-34(28(37)24(19-25(31)35)33-29(38)39-30(2,3)4)26(21-12-7-6-8-13-21)27(36)32-23-16-15-20-11-9-10-14-22(20)18-23/h6-16,18,24,26H,5,17,19H2,1-4H3,(H2,31,35)(H,32,36)(H,33,38). The van der Waals surface area contributed by atoms with Crippen LogP contribution in [0.1, 0.15) is 52.1 Å². The first-order valence-corrected chi connectivity index (χ1v) is 12.9. The number of carbonyl (C=O) groups is 4. The predicted molar refractivity (Wildman–Crippen MR) is 151 cm³/mol. The molecule has 0 aromatic heterocycles. The lowest BCUT2D eigenvalue weighted by atomic mass is 10.0. The van der Waals surface area contributed by atoms with Crippen LogP contribution in [0.25, 0.3) is 10.8 Å². The molecule has 4 amide bonds. The van der Waals surface area contributed by atoms with Crippen molar-refractivity contribution in [3.05, 3.63) is 78.4 Å². The molecule has 0 saturated carbocycles. The van der Waals surface area contributed by atoms with Crippen molar-refractivity contribution < 1.29 is 23.9 Å². The van der Waals surface area contributed by atoms with Gasteiger partial charge in [0.15, 0.2) is 0 Å². The average Bonchev–Trinajstić information content (AvgIpc) is 2.87. The second-order valence-corrected chi connectivity index (χ2v) is 10.3. The number of hydrogen-bond acceptors (Lipinski definition) is 5. The van der Waals surface area contributed by atoms with Gasteiger partial charge >= 0.3 is 6.09 Å². The van der Waals surface area contributed by atoms with Crippen LogP contribution in [0.15, 0.2) is 72.8 Å². The molecule has 206 valence electrons. The SMILES string of the molecule is CCCN(C(=O)C(CC(N)=O)NC(=O)OC(C)(C)C)C(C(=O)Nc1ccc2ccccc2c1)c1ccccc1. The maximum absolute atomic E-state index is 13.9. The molecule has 0 bridgehead atoms. The summed E-state index contributed by atoms with van der Waals surface area (Å²) in [6.45, 7) is 7.11. The van der Waals surface area contributed by atoms with Crippen LogP contribution in [0.2, 0.25) is 0 Å². The van der Waals surface area contributed by atoms with Crippen molar-refractivity contribution in [3.63, 3.8) is 0 Å². The Labute approximate surface area is 228 Å². The Hall–Kier alpha value is -4.40. The molecule has 0 aliphatic heterocycles. The number of anilines is 1. The van der Waals surface area contributed by atoms with Crippen LogP contribution in [0.3, 0.4) is 0 Å². The van der Waals surface area contributed by atoms with Crippen LogP contribution in [0.4, 0.5) is 10.5 Å². The number of carbonyl (C=O) groups excluding carboxylic acids is 4. The third-order valence-electron chi connectivity index (χ3n) is 5.83. The lowest BCUT2D eigenvalue weighted by Crippen LogP contribution is -2.53. The number of nitrogens with one attached hydrogen (secondary N) is 2. The van der Waals surface area contributed by atoms with Crippen LogP contribution in [0.5, 0.6) is 0 Å². The molecule has 0 radical (unpaired) electrons. The van der Waals surface area contributed by atoms with E-state index >= 15 is 0 Å². The summed E-state index contributed by atoms with van der Waals surface area (Å²) in [5, 5.41) is 7.40. The quantitative estimate of drug-likeness (QED) is 0.353. The van der Waals surface area contributed by atoms with E-state index in [1.165, 1.54) is 4.90 Å². The van der Waals surface area contributed by atoms with E-state index in [1.807, 2.05) is 49.4 Å². The minimum Gasteiger partial charge on any atom is -0.444 e. The van der Waals surface area contributed by atoms with Gasteiger partial charge in [-0.05, 0) is 55.7 Å². The number of primary amides is 1. The van der Waals surface area contributed by atoms with Crippen molar-refractivity contribution in [1.82, 2.24) is 10.2 Å². The van der Waals surface area contributed by atoms with Gasteiger partial charge in [0.1, 0.15) is 17.7 Å². The number of benzene rings is 3. The Morgan fingerprint density at radius 2 is 1.56 bits per heavy atom. The van der Waals surface area contributed by atoms with Gasteiger partial charge in [0.25, 0.3) is 5.91 Å². The van der Waals surface area contributed by atoms with Crippen LogP contribution in [-0.2, 0) is 19.1 Å². The zero-order valence-corrected chi connectivity index (χ0v) is 22.8. The van der Waals surface area contributed by atoms with E-state index in [4.69, 9.17) is 10.5 Å². The molecule has 3 rings (SSSR count). The first-order chi connectivity index (χ1) is 18.5. The van der Waals surface area contributed by atoms with Crippen molar-refractivity contribution in [1.29, 1.82) is 0 Å². The highest BCUT2D eigenvalue weighted by Gasteiger charge is 2.36. The molecule has 0 fully saturated rings. The molecule has 0 saturated heterocycles. The number of fused-ring (bicyclic) bond motifs is 1. The Morgan fingerprint density at radius 1 is 0.923 bits per heavy atom. The topological polar surface area (TPSA) is 131 Å². The molecule has 0 aliphatic carbocycles. The van der Waals surface area contributed by atoms with Gasteiger partial charge in [0.05, 0.1) is 6.42 Å². The monoisotopic (exact) mass is 532 g/mol. The van der Waals surface area contributed by atoms with E-state index in [0.29, 0.717) is 17.7 Å². The number of nitrogens with zero attached hydrogens (tertiary/aromatic N) is 1. The van der Waals surface area contributed by atoms with E-state index in [-0.39, 0.29) is 6.54 Å². The van der Waals surface area contributed by atoms with Crippen molar-refractivity contribution >= 4 is 40.3 Å². The van der Waals surface area contributed by atoms with Gasteiger partial charge in [-0.2, -0.15) is 0 Å². The summed E-state index contributed by atoms with van der Waals surface area (Å²) in [5.74, 6) is -1.84. The summed E-state index contributed by atoms with van der Waals surface area (Å²) in [4.78, 5) is 53.5. The Balaban J connectivity index is 1.97. The van der Waals surface area contributed by atoms with Crippen molar-refractivity contribution in [3.8, 4) is 0 Å². The summed E-state index contributed by atoms with van der Waals surface area (Å²) in [6.07, 6.45) is -0.796. The highest BCUT2D eigenvalue weighted by Crippen LogP contribution is 2.26. The minimum absolute atomic E-state index is 0.189. The second kappa shape index (κ2) is 12.9. The first-order valence-electron chi connectivity index (χ1n) is 12.9. The zero-order valence-electron chi connectivity index (χ0n) is 22.8. The van der Waals surface area contributed by atoms with Crippen molar-refractivity contribution in [2.24, 2.45) is 5.73 Å². The third kappa shape index (κ3) is 8.29. The zero-order chi connectivity index (χ0) is 28.6. The molecular weight excluding hydrogens is 496 g/mol. The van der Waals surface area contributed by atoms with Gasteiger partial charge in [-0.15, -0.1) is 0 Å². The largest absolute Gasteiger partial charge is 0.444 e. The van der Waals surface area contributed by atoms with Gasteiger partial charge in [-0.1, -0.05) is 67.6 Å². The highest BCUT2D eigenvalue weighted by molar-refractivity contribution is 6.01. The maximum atomic E-state index is 13.9. The Bertz CT molecular complexity index is 1320. The van der Waals surface area contributed by atoms with Crippen LogP contribution >= 0.6 is 0 Å². The van der Waals surface area contributed by atoms with Gasteiger partial charge < -0.3 is 26.0 Å². The van der Waals surface area contributed by atoms with E-state index < -0.39 is 47.9 Å². The molecule has 0 aliphatic rings. The molecule has 2 unspecified atom stereocenters. The van der Waals surface area contributed by atoms with Crippen molar-refractivity contribution in [2.45, 2.75) is 58.2 Å². The summed E-state index contributed by atoms with van der Waals surface area (Å²) in [6, 6.07) is 19.9. The number of hydrogen-bond donors (Lipinski definition) is 3. The van der Waals surface area contributed by atoms with E-state index in [2.05, 4.69) is 10.6 Å². The fourth-order valence-electron chi connectivity index (χ4n) is 4.24. The number of nitrogens with two attached hydrogens (primary N) is 1. The van der Waals surface area contributed by atoms with Gasteiger partial charge in [0.2, 0.25) is 11.8 Å². The third-order valence-corrected chi connectivity index (χ3v) is 5.83. The summed E-state index contributed by atoms with van der Waals surface area (Å²) < 4.78 is 5.29. The number of alkyl carbamates (subject to hydrolysis) is 1. The smallest absolute Gasteiger partial charge is 0.408 e. The molecule has 3 aromatic carbocycles. The number of rotatable bonds is 10. The lowest BCUT2D eigenvalue weighted by molar-refractivity contribution is -0.141.